The molecule has 0 aliphatic rings. The Labute approximate surface area is 119 Å². The van der Waals surface area contributed by atoms with E-state index in [1.54, 1.807) is 0 Å². The summed E-state index contributed by atoms with van der Waals surface area (Å²) in [6.07, 6.45) is 5.98. The van der Waals surface area contributed by atoms with Crippen LogP contribution in [0.5, 0.6) is 0 Å². The van der Waals surface area contributed by atoms with E-state index in [4.69, 9.17) is 0 Å². The van der Waals surface area contributed by atoms with Gasteiger partial charge in [0.2, 0.25) is 0 Å². The van der Waals surface area contributed by atoms with Crippen molar-refractivity contribution in [3.8, 4) is 0 Å². The summed E-state index contributed by atoms with van der Waals surface area (Å²) in [7, 11) is 1.97. The Morgan fingerprint density at radius 3 is 2.80 bits per heavy atom. The summed E-state index contributed by atoms with van der Waals surface area (Å²) in [4.78, 5) is 4.26. The van der Waals surface area contributed by atoms with Crippen molar-refractivity contribution < 1.29 is 0 Å². The van der Waals surface area contributed by atoms with Crippen LogP contribution in [-0.2, 0) is 13.1 Å². The second kappa shape index (κ2) is 5.47. The Kier molecular flexibility index (Phi) is 3.52. The van der Waals surface area contributed by atoms with Crippen molar-refractivity contribution >= 4 is 10.9 Å². The maximum atomic E-state index is 4.26. The molecule has 0 aliphatic carbocycles. The molecule has 0 atom stereocenters. The van der Waals surface area contributed by atoms with E-state index in [9.17, 15) is 0 Å². The van der Waals surface area contributed by atoms with E-state index in [2.05, 4.69) is 58.3 Å². The third kappa shape index (κ3) is 2.58. The first-order valence-electron chi connectivity index (χ1n) is 6.89. The van der Waals surface area contributed by atoms with Crippen molar-refractivity contribution in [2.75, 3.05) is 7.05 Å². The fourth-order valence-corrected chi connectivity index (χ4v) is 2.60. The SMILES string of the molecule is CNCc1ccc2c(ccn2Cc2cncc(C)c2)c1. The number of hydrogen-bond donors (Lipinski definition) is 1. The molecule has 0 bridgehead atoms. The van der Waals surface area contributed by atoms with Crippen LogP contribution in [0.15, 0.2) is 48.9 Å². The third-order valence-electron chi connectivity index (χ3n) is 3.50. The molecule has 2 heterocycles. The number of benzene rings is 1. The van der Waals surface area contributed by atoms with E-state index in [-0.39, 0.29) is 0 Å². The Morgan fingerprint density at radius 2 is 2.00 bits per heavy atom. The summed E-state index contributed by atoms with van der Waals surface area (Å²) in [5, 5.41) is 4.48. The topological polar surface area (TPSA) is 29.9 Å². The summed E-state index contributed by atoms with van der Waals surface area (Å²) < 4.78 is 2.27. The second-order valence-corrected chi connectivity index (χ2v) is 5.24. The molecule has 1 N–H and O–H groups in total. The summed E-state index contributed by atoms with van der Waals surface area (Å²) >= 11 is 0. The maximum Gasteiger partial charge on any atom is 0.0491 e. The second-order valence-electron chi connectivity index (χ2n) is 5.24. The molecule has 3 rings (SSSR count). The number of aromatic nitrogens is 2. The molecule has 0 unspecified atom stereocenters. The largest absolute Gasteiger partial charge is 0.343 e. The van der Waals surface area contributed by atoms with E-state index in [1.807, 2.05) is 19.4 Å². The number of aryl methyl sites for hydroxylation is 1. The Morgan fingerprint density at radius 1 is 1.10 bits per heavy atom. The van der Waals surface area contributed by atoms with Crippen molar-refractivity contribution in [1.82, 2.24) is 14.9 Å². The van der Waals surface area contributed by atoms with E-state index >= 15 is 0 Å². The van der Waals surface area contributed by atoms with Gasteiger partial charge in [-0.15, -0.1) is 0 Å². The van der Waals surface area contributed by atoms with Crippen LogP contribution < -0.4 is 5.32 Å². The highest BCUT2D eigenvalue weighted by Crippen LogP contribution is 2.19. The van der Waals surface area contributed by atoms with Gasteiger partial charge < -0.3 is 9.88 Å². The van der Waals surface area contributed by atoms with Gasteiger partial charge in [-0.3, -0.25) is 4.98 Å². The zero-order valence-electron chi connectivity index (χ0n) is 11.9. The molecule has 0 aliphatic heterocycles. The first kappa shape index (κ1) is 12.9. The molecule has 0 radical (unpaired) electrons. The Balaban J connectivity index is 1.92. The summed E-state index contributed by atoms with van der Waals surface area (Å²) in [6, 6.07) is 11.0. The first-order valence-corrected chi connectivity index (χ1v) is 6.89. The van der Waals surface area contributed by atoms with Gasteiger partial charge in [0.05, 0.1) is 0 Å². The van der Waals surface area contributed by atoms with Crippen molar-refractivity contribution in [1.29, 1.82) is 0 Å². The number of nitrogens with zero attached hydrogens (tertiary/aromatic N) is 2. The van der Waals surface area contributed by atoms with Gasteiger partial charge in [0.15, 0.2) is 0 Å². The van der Waals surface area contributed by atoms with Crippen LogP contribution in [0, 0.1) is 6.92 Å². The summed E-state index contributed by atoms with van der Waals surface area (Å²) in [6.45, 7) is 3.85. The fraction of sp³-hybridized carbons (Fsp3) is 0.235. The van der Waals surface area contributed by atoms with Gasteiger partial charge in [0, 0.05) is 37.2 Å². The highest BCUT2D eigenvalue weighted by Gasteiger charge is 2.03. The highest BCUT2D eigenvalue weighted by molar-refractivity contribution is 5.81. The minimum absolute atomic E-state index is 0.865. The van der Waals surface area contributed by atoms with E-state index in [0.717, 1.165) is 13.1 Å². The first-order chi connectivity index (χ1) is 9.76. The molecule has 0 saturated carbocycles. The molecule has 3 heteroatoms. The van der Waals surface area contributed by atoms with E-state index < -0.39 is 0 Å². The zero-order valence-corrected chi connectivity index (χ0v) is 11.9. The van der Waals surface area contributed by atoms with Crippen LogP contribution >= 0.6 is 0 Å². The van der Waals surface area contributed by atoms with Crippen molar-refractivity contribution in [2.45, 2.75) is 20.0 Å². The van der Waals surface area contributed by atoms with Crippen molar-refractivity contribution in [2.24, 2.45) is 0 Å². The normalized spacial score (nSPS) is 11.1. The monoisotopic (exact) mass is 265 g/mol. The van der Waals surface area contributed by atoms with Crippen LogP contribution in [0.4, 0.5) is 0 Å². The molecule has 0 spiro atoms. The van der Waals surface area contributed by atoms with Crippen molar-refractivity contribution in [3.63, 3.8) is 0 Å². The number of rotatable bonds is 4. The standard InChI is InChI=1S/C17H19N3/c1-13-7-15(11-19-9-13)12-20-6-5-16-8-14(10-18-2)3-4-17(16)20/h3-9,11,18H,10,12H2,1-2H3. The lowest BCUT2D eigenvalue weighted by Gasteiger charge is -2.07. The molecule has 102 valence electrons. The number of nitrogens with one attached hydrogen (secondary N) is 1. The van der Waals surface area contributed by atoms with Gasteiger partial charge in [-0.1, -0.05) is 12.1 Å². The van der Waals surface area contributed by atoms with Crippen LogP contribution in [0.3, 0.4) is 0 Å². The average Bonchev–Trinajstić information content (AvgIpc) is 2.82. The van der Waals surface area contributed by atoms with Crippen molar-refractivity contribution in [3.05, 3.63) is 65.6 Å². The Hall–Kier alpha value is -2.13. The number of fused-ring (bicyclic) bond motifs is 1. The highest BCUT2D eigenvalue weighted by atomic mass is 15.0. The van der Waals surface area contributed by atoms with Gasteiger partial charge in [0.1, 0.15) is 0 Å². The molecule has 1 aromatic carbocycles. The van der Waals surface area contributed by atoms with Crippen LogP contribution in [0.1, 0.15) is 16.7 Å². The minimum atomic E-state index is 0.865. The van der Waals surface area contributed by atoms with Crippen LogP contribution in [0.25, 0.3) is 10.9 Å². The lowest BCUT2D eigenvalue weighted by Crippen LogP contribution is -2.04. The smallest absolute Gasteiger partial charge is 0.0491 e. The van der Waals surface area contributed by atoms with E-state index in [0.29, 0.717) is 0 Å². The molecule has 3 aromatic rings. The van der Waals surface area contributed by atoms with Gasteiger partial charge in [0.25, 0.3) is 0 Å². The molecule has 3 nitrogen and oxygen atoms in total. The molecule has 2 aromatic heterocycles. The molecule has 0 saturated heterocycles. The minimum Gasteiger partial charge on any atom is -0.343 e. The Bertz CT molecular complexity index is 728. The van der Waals surface area contributed by atoms with Gasteiger partial charge in [-0.05, 0) is 54.2 Å². The molecule has 20 heavy (non-hydrogen) atoms. The lowest BCUT2D eigenvalue weighted by atomic mass is 10.1. The van der Waals surface area contributed by atoms with Gasteiger partial charge in [-0.25, -0.2) is 0 Å². The third-order valence-corrected chi connectivity index (χ3v) is 3.50. The predicted octanol–water partition coefficient (Wildman–Crippen LogP) is 3.11. The molecule has 0 amide bonds. The van der Waals surface area contributed by atoms with Gasteiger partial charge in [-0.2, -0.15) is 0 Å². The predicted molar refractivity (Wildman–Crippen MR) is 82.8 cm³/mol. The van der Waals surface area contributed by atoms with E-state index in [1.165, 1.54) is 27.6 Å². The van der Waals surface area contributed by atoms with Crippen LogP contribution in [-0.4, -0.2) is 16.6 Å². The number of pyridine rings is 1. The number of hydrogen-bond acceptors (Lipinski definition) is 2. The molecule has 0 fully saturated rings. The van der Waals surface area contributed by atoms with Crippen LogP contribution in [0.2, 0.25) is 0 Å². The fourth-order valence-electron chi connectivity index (χ4n) is 2.60. The summed E-state index contributed by atoms with van der Waals surface area (Å²) in [5.74, 6) is 0. The lowest BCUT2D eigenvalue weighted by molar-refractivity contribution is 0.816. The average molecular weight is 265 g/mol. The maximum absolute atomic E-state index is 4.26. The quantitative estimate of drug-likeness (QED) is 0.785. The molecular formula is C17H19N3. The molecular weight excluding hydrogens is 246 g/mol. The van der Waals surface area contributed by atoms with Gasteiger partial charge >= 0.3 is 0 Å². The zero-order chi connectivity index (χ0) is 13.9. The summed E-state index contributed by atoms with van der Waals surface area (Å²) in [5.41, 5.74) is 5.03.